The van der Waals surface area contributed by atoms with Gasteiger partial charge in [0.1, 0.15) is 0 Å². The minimum absolute atomic E-state index is 0.00158. The molecule has 1 fully saturated rings. The molecule has 3 atom stereocenters. The van der Waals surface area contributed by atoms with Gasteiger partial charge in [-0.25, -0.2) is 0 Å². The lowest BCUT2D eigenvalue weighted by Crippen LogP contribution is -2.44. The molecule has 158 valence electrons. The maximum Gasteiger partial charge on any atom is 0.252 e. The number of benzene rings is 1. The molecule has 0 radical (unpaired) electrons. The Balaban J connectivity index is 1.50. The quantitative estimate of drug-likeness (QED) is 0.696. The molecule has 1 aromatic carbocycles. The van der Waals surface area contributed by atoms with Crippen molar-refractivity contribution in [1.82, 2.24) is 15.2 Å². The summed E-state index contributed by atoms with van der Waals surface area (Å²) in [5, 5.41) is 3.35. The molecule has 4 rings (SSSR count). The van der Waals surface area contributed by atoms with E-state index < -0.39 is 0 Å². The Hall–Kier alpha value is -2.46. The summed E-state index contributed by atoms with van der Waals surface area (Å²) in [6.45, 7) is 5.35. The number of aryl methyl sites for hydroxylation is 1. The van der Waals surface area contributed by atoms with Crippen LogP contribution in [0.5, 0.6) is 0 Å². The molecule has 1 aromatic heterocycles. The molecule has 0 spiro atoms. The summed E-state index contributed by atoms with van der Waals surface area (Å²) in [7, 11) is 0. The summed E-state index contributed by atoms with van der Waals surface area (Å²) in [4.78, 5) is 20.4. The summed E-state index contributed by atoms with van der Waals surface area (Å²) in [5.74, 6) is 1.14. The minimum atomic E-state index is -0.0626. The lowest BCUT2D eigenvalue weighted by molar-refractivity contribution is 0.0863. The van der Waals surface area contributed by atoms with Gasteiger partial charge in [0.2, 0.25) is 0 Å². The number of allylic oxidation sites excluding steroid dienone is 2. The average molecular weight is 404 g/mol. The Morgan fingerprint density at radius 2 is 2.03 bits per heavy atom. The van der Waals surface area contributed by atoms with Gasteiger partial charge >= 0.3 is 0 Å². The number of nitrogens with one attached hydrogen (secondary N) is 1. The summed E-state index contributed by atoms with van der Waals surface area (Å²) in [6, 6.07) is 13.7. The van der Waals surface area contributed by atoms with Gasteiger partial charge in [-0.2, -0.15) is 0 Å². The van der Waals surface area contributed by atoms with Crippen molar-refractivity contribution < 1.29 is 4.79 Å². The third kappa shape index (κ3) is 5.17. The van der Waals surface area contributed by atoms with Crippen LogP contribution >= 0.6 is 0 Å². The normalized spacial score (nSPS) is 23.1. The van der Waals surface area contributed by atoms with Crippen LogP contribution in [0.2, 0.25) is 0 Å². The minimum Gasteiger partial charge on any atom is -0.343 e. The Morgan fingerprint density at radius 3 is 2.80 bits per heavy atom. The van der Waals surface area contributed by atoms with Crippen LogP contribution in [0.15, 0.2) is 60.8 Å². The van der Waals surface area contributed by atoms with Gasteiger partial charge in [0, 0.05) is 24.8 Å². The third-order valence-corrected chi connectivity index (χ3v) is 6.59. The van der Waals surface area contributed by atoms with Crippen molar-refractivity contribution in [3.8, 4) is 0 Å². The lowest BCUT2D eigenvalue weighted by atomic mass is 9.86. The van der Waals surface area contributed by atoms with E-state index in [4.69, 9.17) is 0 Å². The predicted octanol–water partition coefficient (Wildman–Crippen LogP) is 4.93. The highest BCUT2D eigenvalue weighted by molar-refractivity contribution is 5.95. The number of nitrogens with zero attached hydrogens (tertiary/aromatic N) is 2. The van der Waals surface area contributed by atoms with Crippen molar-refractivity contribution in [2.45, 2.75) is 45.1 Å². The molecule has 2 aliphatic rings. The molecule has 1 aliphatic heterocycles. The van der Waals surface area contributed by atoms with Gasteiger partial charge < -0.3 is 10.2 Å². The van der Waals surface area contributed by atoms with E-state index in [0.717, 1.165) is 42.2 Å². The van der Waals surface area contributed by atoms with Gasteiger partial charge in [-0.05, 0) is 81.2 Å². The van der Waals surface area contributed by atoms with Gasteiger partial charge in [-0.1, -0.05) is 36.4 Å². The van der Waals surface area contributed by atoms with Crippen molar-refractivity contribution >= 4 is 5.91 Å². The van der Waals surface area contributed by atoms with Gasteiger partial charge in [0.25, 0.3) is 5.91 Å². The van der Waals surface area contributed by atoms with Crippen LogP contribution < -0.4 is 5.32 Å². The molecule has 2 heterocycles. The second-order valence-electron chi connectivity index (χ2n) is 8.83. The average Bonchev–Trinajstić information content (AvgIpc) is 2.79. The van der Waals surface area contributed by atoms with Crippen LogP contribution in [0.1, 0.15) is 59.8 Å². The van der Waals surface area contributed by atoms with E-state index in [2.05, 4.69) is 27.4 Å². The van der Waals surface area contributed by atoms with Crippen LogP contribution in [-0.2, 0) is 0 Å². The summed E-state index contributed by atoms with van der Waals surface area (Å²) >= 11 is 0. The largest absolute Gasteiger partial charge is 0.343 e. The standard InChI is InChI=1S/C26H33N3O/c1-20-10-5-6-14-23(20)26(30)28-25(24-15-7-8-16-27-24)22-13-9-17-29(19-22)18-21-11-3-2-4-12-21/h2-3,5-8,10,14-16,21-22,25H,4,9,11-13,17-19H2,1H3,(H,28,30)/t21-,22-,25+/m0/s1. The second-order valence-corrected chi connectivity index (χ2v) is 8.83. The maximum absolute atomic E-state index is 13.1. The topological polar surface area (TPSA) is 45.2 Å². The number of carbonyl (C=O) groups excluding carboxylic acids is 1. The van der Waals surface area contributed by atoms with Crippen molar-refractivity contribution in [1.29, 1.82) is 0 Å². The number of carbonyl (C=O) groups is 1. The molecular formula is C26H33N3O. The lowest BCUT2D eigenvalue weighted by Gasteiger charge is -2.38. The SMILES string of the molecule is Cc1ccccc1C(=O)N[C@@H](c1ccccn1)[C@H]1CCCN(C[C@H]2CC=CCC2)C1. The third-order valence-electron chi connectivity index (χ3n) is 6.59. The Labute approximate surface area is 180 Å². The first-order valence-electron chi connectivity index (χ1n) is 11.4. The first-order valence-corrected chi connectivity index (χ1v) is 11.4. The summed E-state index contributed by atoms with van der Waals surface area (Å²) in [6.07, 6.45) is 12.5. The zero-order valence-corrected chi connectivity index (χ0v) is 18.0. The first kappa shape index (κ1) is 20.8. The molecule has 1 N–H and O–H groups in total. The molecular weight excluding hydrogens is 370 g/mol. The van der Waals surface area contributed by atoms with Crippen LogP contribution in [-0.4, -0.2) is 35.4 Å². The van der Waals surface area contributed by atoms with Gasteiger partial charge in [0.15, 0.2) is 0 Å². The molecule has 1 aliphatic carbocycles. The van der Waals surface area contributed by atoms with E-state index in [0.29, 0.717) is 5.92 Å². The molecule has 4 heteroatoms. The molecule has 4 nitrogen and oxygen atoms in total. The Bertz CT molecular complexity index is 864. The zero-order valence-electron chi connectivity index (χ0n) is 18.0. The molecule has 2 aromatic rings. The number of hydrogen-bond donors (Lipinski definition) is 1. The summed E-state index contributed by atoms with van der Waals surface area (Å²) in [5.41, 5.74) is 2.72. The predicted molar refractivity (Wildman–Crippen MR) is 121 cm³/mol. The fraction of sp³-hybridized carbons (Fsp3) is 0.462. The molecule has 0 unspecified atom stereocenters. The molecule has 0 bridgehead atoms. The van der Waals surface area contributed by atoms with Crippen LogP contribution in [0.4, 0.5) is 0 Å². The monoisotopic (exact) mass is 403 g/mol. The van der Waals surface area contributed by atoms with E-state index in [1.54, 1.807) is 0 Å². The molecule has 0 saturated carbocycles. The van der Waals surface area contributed by atoms with Crippen LogP contribution in [0, 0.1) is 18.8 Å². The first-order chi connectivity index (χ1) is 14.7. The van der Waals surface area contributed by atoms with E-state index >= 15 is 0 Å². The van der Waals surface area contributed by atoms with Crippen molar-refractivity contribution in [2.24, 2.45) is 11.8 Å². The number of likely N-dealkylation sites (tertiary alicyclic amines) is 1. The molecule has 30 heavy (non-hydrogen) atoms. The number of rotatable bonds is 6. The highest BCUT2D eigenvalue weighted by Gasteiger charge is 2.31. The van der Waals surface area contributed by atoms with Crippen molar-refractivity contribution in [2.75, 3.05) is 19.6 Å². The van der Waals surface area contributed by atoms with Crippen molar-refractivity contribution in [3.63, 3.8) is 0 Å². The van der Waals surface area contributed by atoms with E-state index in [9.17, 15) is 4.79 Å². The van der Waals surface area contributed by atoms with E-state index in [1.807, 2.05) is 55.6 Å². The fourth-order valence-electron chi connectivity index (χ4n) is 4.96. The number of pyridine rings is 1. The van der Waals surface area contributed by atoms with Crippen LogP contribution in [0.25, 0.3) is 0 Å². The number of piperidine rings is 1. The maximum atomic E-state index is 13.1. The van der Waals surface area contributed by atoms with Gasteiger partial charge in [-0.3, -0.25) is 9.78 Å². The highest BCUT2D eigenvalue weighted by Crippen LogP contribution is 2.31. The van der Waals surface area contributed by atoms with Gasteiger partial charge in [0.05, 0.1) is 11.7 Å². The zero-order chi connectivity index (χ0) is 20.8. The van der Waals surface area contributed by atoms with Gasteiger partial charge in [-0.15, -0.1) is 0 Å². The fourth-order valence-corrected chi connectivity index (χ4v) is 4.96. The molecule has 1 amide bonds. The Morgan fingerprint density at radius 1 is 1.17 bits per heavy atom. The molecule has 1 saturated heterocycles. The summed E-state index contributed by atoms with van der Waals surface area (Å²) < 4.78 is 0. The number of hydrogen-bond acceptors (Lipinski definition) is 3. The highest BCUT2D eigenvalue weighted by atomic mass is 16.1. The Kier molecular flexibility index (Phi) is 6.96. The number of aromatic nitrogens is 1. The number of amides is 1. The van der Waals surface area contributed by atoms with E-state index in [-0.39, 0.29) is 11.9 Å². The van der Waals surface area contributed by atoms with Crippen molar-refractivity contribution in [3.05, 3.63) is 77.6 Å². The van der Waals surface area contributed by atoms with E-state index in [1.165, 1.54) is 32.2 Å². The van der Waals surface area contributed by atoms with Crippen LogP contribution in [0.3, 0.4) is 0 Å². The smallest absolute Gasteiger partial charge is 0.252 e. The second kappa shape index (κ2) is 10.0.